The van der Waals surface area contributed by atoms with Gasteiger partial charge >= 0.3 is 0 Å². The van der Waals surface area contributed by atoms with Gasteiger partial charge < -0.3 is 4.74 Å². The molecule has 0 unspecified atom stereocenters. The largest absolute Gasteiger partial charge is 0.495 e. The molecule has 0 aromatic heterocycles. The summed E-state index contributed by atoms with van der Waals surface area (Å²) in [7, 11) is 0. The van der Waals surface area contributed by atoms with Crippen LogP contribution in [0.2, 0.25) is 0 Å². The molecular weight excluding hydrogens is 112 g/mol. The van der Waals surface area contributed by atoms with Gasteiger partial charge in [-0.25, -0.2) is 0 Å². The molecule has 0 bridgehead atoms. The topological polar surface area (TPSA) is 9.23 Å². The molecule has 0 heterocycles. The fourth-order valence-electron chi connectivity index (χ4n) is 0.614. The van der Waals surface area contributed by atoms with Crippen molar-refractivity contribution in [3.8, 4) is 0 Å². The maximum Gasteiger partial charge on any atom is 0.134 e. The summed E-state index contributed by atoms with van der Waals surface area (Å²) in [5.74, 6) is 0. The highest BCUT2D eigenvalue weighted by molar-refractivity contribution is 4.57. The lowest BCUT2D eigenvalue weighted by atomic mass is 10.2. The van der Waals surface area contributed by atoms with Crippen molar-refractivity contribution in [3.63, 3.8) is 0 Å². The molecule has 0 N–H and O–H groups in total. The van der Waals surface area contributed by atoms with Crippen LogP contribution in [-0.2, 0) is 4.74 Å². The first-order valence-electron chi connectivity index (χ1n) is 3.50. The van der Waals surface area contributed by atoms with Gasteiger partial charge in [0.05, 0.1) is 6.26 Å². The Bertz CT molecular complexity index is 59.6. The van der Waals surface area contributed by atoms with Gasteiger partial charge in [-0.1, -0.05) is 26.3 Å². The molecule has 0 fully saturated rings. The first kappa shape index (κ1) is 8.54. The maximum atomic E-state index is 4.82. The normalized spacial score (nSPS) is 9.00. The number of ether oxygens (including phenoxy) is 1. The zero-order chi connectivity index (χ0) is 6.95. The van der Waals surface area contributed by atoms with E-state index in [0.717, 1.165) is 6.42 Å². The highest BCUT2D eigenvalue weighted by Crippen LogP contribution is 2.01. The van der Waals surface area contributed by atoms with Crippen molar-refractivity contribution in [2.24, 2.45) is 0 Å². The number of hydrogen-bond acceptors (Lipinski definition) is 1. The molecule has 0 aromatic rings. The summed E-state index contributed by atoms with van der Waals surface area (Å²) in [6, 6.07) is 0. The zero-order valence-corrected chi connectivity index (χ0v) is 6.10. The fraction of sp³-hybridized carbons (Fsp3) is 0.625. The highest BCUT2D eigenvalue weighted by Gasteiger charge is 1.85. The lowest BCUT2D eigenvalue weighted by Gasteiger charge is -1.96. The molecule has 1 nitrogen and oxygen atoms in total. The van der Waals surface area contributed by atoms with Gasteiger partial charge in [0.1, 0.15) is 6.61 Å². The van der Waals surface area contributed by atoms with Crippen LogP contribution in [0, 0.1) is 6.61 Å². The molecule has 0 spiro atoms. The van der Waals surface area contributed by atoms with Crippen LogP contribution in [0.5, 0.6) is 0 Å². The van der Waals surface area contributed by atoms with Crippen molar-refractivity contribution in [1.82, 2.24) is 0 Å². The molecular formula is C8H15O. The van der Waals surface area contributed by atoms with Gasteiger partial charge in [0.2, 0.25) is 0 Å². The van der Waals surface area contributed by atoms with E-state index in [4.69, 9.17) is 4.74 Å². The molecule has 0 aliphatic rings. The Morgan fingerprint density at radius 2 is 2.22 bits per heavy atom. The molecule has 9 heavy (non-hydrogen) atoms. The van der Waals surface area contributed by atoms with E-state index in [-0.39, 0.29) is 0 Å². The summed E-state index contributed by atoms with van der Waals surface area (Å²) in [6.07, 6.45) is 6.27. The van der Waals surface area contributed by atoms with E-state index in [2.05, 4.69) is 13.5 Å². The van der Waals surface area contributed by atoms with Crippen LogP contribution in [-0.4, -0.2) is 0 Å². The summed E-state index contributed by atoms with van der Waals surface area (Å²) in [5, 5.41) is 0. The lowest BCUT2D eigenvalue weighted by molar-refractivity contribution is 0.318. The average Bonchev–Trinajstić information content (AvgIpc) is 1.89. The summed E-state index contributed by atoms with van der Waals surface area (Å²) >= 11 is 0. The fourth-order valence-corrected chi connectivity index (χ4v) is 0.614. The Kier molecular flexibility index (Phi) is 7.15. The van der Waals surface area contributed by atoms with Gasteiger partial charge in [-0.05, 0) is 12.8 Å². The minimum atomic E-state index is 1.04. The van der Waals surface area contributed by atoms with Crippen LogP contribution in [0.25, 0.3) is 0 Å². The van der Waals surface area contributed by atoms with Crippen molar-refractivity contribution < 1.29 is 4.74 Å². The maximum absolute atomic E-state index is 4.82. The predicted molar refractivity (Wildman–Crippen MR) is 39.7 cm³/mol. The SMILES string of the molecule is C=CO[CH]CCCCC. The molecule has 53 valence electrons. The Balaban J connectivity index is 2.66. The molecule has 0 aromatic carbocycles. The monoisotopic (exact) mass is 127 g/mol. The Hall–Kier alpha value is -0.460. The third-order valence-electron chi connectivity index (χ3n) is 1.12. The van der Waals surface area contributed by atoms with E-state index in [0.29, 0.717) is 0 Å². The number of hydrogen-bond donors (Lipinski definition) is 0. The first-order valence-corrected chi connectivity index (χ1v) is 3.50. The van der Waals surface area contributed by atoms with E-state index in [9.17, 15) is 0 Å². The van der Waals surface area contributed by atoms with Crippen molar-refractivity contribution in [1.29, 1.82) is 0 Å². The highest BCUT2D eigenvalue weighted by atomic mass is 16.5. The van der Waals surface area contributed by atoms with Crippen LogP contribution in [0.3, 0.4) is 0 Å². The third kappa shape index (κ3) is 7.54. The molecule has 0 saturated carbocycles. The van der Waals surface area contributed by atoms with Gasteiger partial charge in [-0.3, -0.25) is 0 Å². The molecule has 0 atom stereocenters. The Morgan fingerprint density at radius 3 is 2.78 bits per heavy atom. The Morgan fingerprint density at radius 1 is 1.44 bits per heavy atom. The zero-order valence-electron chi connectivity index (χ0n) is 6.10. The number of rotatable bonds is 6. The third-order valence-corrected chi connectivity index (χ3v) is 1.12. The first-order chi connectivity index (χ1) is 4.41. The van der Waals surface area contributed by atoms with Gasteiger partial charge in [-0.15, -0.1) is 0 Å². The minimum Gasteiger partial charge on any atom is -0.495 e. The quantitative estimate of drug-likeness (QED) is 0.394. The van der Waals surface area contributed by atoms with Gasteiger partial charge in [0.15, 0.2) is 0 Å². The summed E-state index contributed by atoms with van der Waals surface area (Å²) in [5.41, 5.74) is 0. The van der Waals surface area contributed by atoms with Gasteiger partial charge in [-0.2, -0.15) is 0 Å². The van der Waals surface area contributed by atoms with Gasteiger partial charge in [0.25, 0.3) is 0 Å². The molecule has 0 amide bonds. The van der Waals surface area contributed by atoms with Crippen LogP contribution < -0.4 is 0 Å². The molecule has 1 radical (unpaired) electrons. The minimum absolute atomic E-state index is 1.04. The second-order valence-corrected chi connectivity index (χ2v) is 1.97. The summed E-state index contributed by atoms with van der Waals surface area (Å²) in [6.45, 7) is 7.41. The predicted octanol–water partition coefficient (Wildman–Crippen LogP) is 2.89. The Labute approximate surface area is 57.7 Å². The van der Waals surface area contributed by atoms with E-state index < -0.39 is 0 Å². The molecule has 1 heteroatoms. The van der Waals surface area contributed by atoms with E-state index in [1.807, 2.05) is 0 Å². The van der Waals surface area contributed by atoms with Crippen molar-refractivity contribution in [2.45, 2.75) is 32.6 Å². The standard InChI is InChI=1S/C8H15O/c1-3-5-6-7-8-9-4-2/h4,8H,2-3,5-7H2,1H3. The average molecular weight is 127 g/mol. The molecule has 0 rings (SSSR count). The van der Waals surface area contributed by atoms with Crippen molar-refractivity contribution in [2.75, 3.05) is 0 Å². The second-order valence-electron chi connectivity index (χ2n) is 1.97. The van der Waals surface area contributed by atoms with Crippen molar-refractivity contribution in [3.05, 3.63) is 19.4 Å². The van der Waals surface area contributed by atoms with E-state index >= 15 is 0 Å². The lowest BCUT2D eigenvalue weighted by Crippen LogP contribution is -1.78. The second kappa shape index (κ2) is 7.54. The molecule has 0 saturated heterocycles. The summed E-state index contributed by atoms with van der Waals surface area (Å²) < 4.78 is 4.82. The van der Waals surface area contributed by atoms with Crippen LogP contribution >= 0.6 is 0 Å². The van der Waals surface area contributed by atoms with Crippen LogP contribution in [0.1, 0.15) is 32.6 Å². The summed E-state index contributed by atoms with van der Waals surface area (Å²) in [4.78, 5) is 0. The number of unbranched alkanes of at least 4 members (excludes halogenated alkanes) is 3. The van der Waals surface area contributed by atoms with Crippen LogP contribution in [0.15, 0.2) is 12.8 Å². The van der Waals surface area contributed by atoms with E-state index in [1.54, 1.807) is 6.61 Å². The van der Waals surface area contributed by atoms with Crippen molar-refractivity contribution >= 4 is 0 Å². The smallest absolute Gasteiger partial charge is 0.134 e. The molecule has 0 aliphatic carbocycles. The van der Waals surface area contributed by atoms with E-state index in [1.165, 1.54) is 25.5 Å². The van der Waals surface area contributed by atoms with Gasteiger partial charge in [0, 0.05) is 0 Å². The van der Waals surface area contributed by atoms with Crippen LogP contribution in [0.4, 0.5) is 0 Å². The molecule has 0 aliphatic heterocycles.